The minimum Gasteiger partial charge on any atom is -0.465 e. The largest absolute Gasteiger partial charge is 0.465 e. The van der Waals surface area contributed by atoms with Gasteiger partial charge in [0.05, 0.1) is 24.8 Å². The number of carbonyl (C=O) groups is 3. The molecule has 0 radical (unpaired) electrons. The number of ether oxygens (including phenoxy) is 2. The Morgan fingerprint density at radius 1 is 0.909 bits per heavy atom. The molecule has 0 N–H and O–H groups in total. The van der Waals surface area contributed by atoms with Gasteiger partial charge in [-0.1, -0.05) is 12.1 Å². The van der Waals surface area contributed by atoms with Gasteiger partial charge in [-0.25, -0.2) is 0 Å². The number of anilines is 1. The lowest BCUT2D eigenvalue weighted by molar-refractivity contribution is -0.164. The molecule has 0 heterocycles. The van der Waals surface area contributed by atoms with Crippen LogP contribution in [0, 0.1) is 23.2 Å². The van der Waals surface area contributed by atoms with Crippen LogP contribution in [0.3, 0.4) is 0 Å². The SMILES string of the molecule is CCOC(=O)C(C(=O)OCC)[C@H](CC(=O)c1ccc(N(C)C)cc1)Cc1ccc(C#N)cc1. The number of Topliss-reactive ketones (excluding diaryl/α,β-unsaturated/α-hetero) is 1. The zero-order valence-corrected chi connectivity index (χ0v) is 19.5. The van der Waals surface area contributed by atoms with Gasteiger partial charge in [0, 0.05) is 31.8 Å². The summed E-state index contributed by atoms with van der Waals surface area (Å²) in [6.07, 6.45) is 0.235. The van der Waals surface area contributed by atoms with Gasteiger partial charge in [0.1, 0.15) is 0 Å². The molecular weight excluding hydrogens is 420 g/mol. The van der Waals surface area contributed by atoms with E-state index in [0.717, 1.165) is 11.3 Å². The summed E-state index contributed by atoms with van der Waals surface area (Å²) in [6.45, 7) is 3.54. The maximum Gasteiger partial charge on any atom is 0.320 e. The molecule has 0 saturated carbocycles. The number of benzene rings is 2. The Labute approximate surface area is 194 Å². The monoisotopic (exact) mass is 450 g/mol. The molecule has 0 aliphatic carbocycles. The minimum atomic E-state index is -1.23. The molecule has 2 aromatic carbocycles. The Morgan fingerprint density at radius 2 is 1.45 bits per heavy atom. The molecule has 0 bridgehead atoms. The number of esters is 2. The summed E-state index contributed by atoms with van der Waals surface area (Å²) < 4.78 is 10.3. The van der Waals surface area contributed by atoms with E-state index in [2.05, 4.69) is 6.07 Å². The number of nitrogens with zero attached hydrogens (tertiary/aromatic N) is 2. The molecule has 0 unspecified atom stereocenters. The summed E-state index contributed by atoms with van der Waals surface area (Å²) in [5.74, 6) is -3.49. The van der Waals surface area contributed by atoms with Crippen molar-refractivity contribution in [1.82, 2.24) is 0 Å². The van der Waals surface area contributed by atoms with Crippen LogP contribution in [0.25, 0.3) is 0 Å². The van der Waals surface area contributed by atoms with Gasteiger partial charge in [0.25, 0.3) is 0 Å². The van der Waals surface area contributed by atoms with Crippen LogP contribution in [0.4, 0.5) is 5.69 Å². The fraction of sp³-hybridized carbons (Fsp3) is 0.385. The number of hydrogen-bond donors (Lipinski definition) is 0. The van der Waals surface area contributed by atoms with Crippen molar-refractivity contribution < 1.29 is 23.9 Å². The van der Waals surface area contributed by atoms with Crippen molar-refractivity contribution in [2.24, 2.45) is 11.8 Å². The first-order valence-electron chi connectivity index (χ1n) is 10.9. The van der Waals surface area contributed by atoms with Crippen LogP contribution in [-0.2, 0) is 25.5 Å². The minimum absolute atomic E-state index is 0.0381. The lowest BCUT2D eigenvalue weighted by atomic mass is 9.82. The van der Waals surface area contributed by atoms with Crippen molar-refractivity contribution in [2.75, 3.05) is 32.2 Å². The van der Waals surface area contributed by atoms with E-state index in [0.29, 0.717) is 11.1 Å². The summed E-state index contributed by atoms with van der Waals surface area (Å²) in [6, 6.07) is 16.1. The lowest BCUT2D eigenvalue weighted by Gasteiger charge is -2.24. The van der Waals surface area contributed by atoms with Crippen molar-refractivity contribution in [3.8, 4) is 6.07 Å². The third kappa shape index (κ3) is 7.18. The van der Waals surface area contributed by atoms with Crippen LogP contribution < -0.4 is 4.90 Å². The second-order valence-corrected chi connectivity index (χ2v) is 7.82. The van der Waals surface area contributed by atoms with Crippen molar-refractivity contribution in [3.05, 3.63) is 65.2 Å². The van der Waals surface area contributed by atoms with Gasteiger partial charge in [-0.05, 0) is 68.1 Å². The van der Waals surface area contributed by atoms with Crippen molar-refractivity contribution in [2.45, 2.75) is 26.7 Å². The first kappa shape index (κ1) is 25.6. The highest BCUT2D eigenvalue weighted by molar-refractivity contribution is 5.99. The average molecular weight is 451 g/mol. The summed E-state index contributed by atoms with van der Waals surface area (Å²) >= 11 is 0. The summed E-state index contributed by atoms with van der Waals surface area (Å²) in [4.78, 5) is 40.6. The van der Waals surface area contributed by atoms with E-state index in [1.54, 1.807) is 50.2 Å². The van der Waals surface area contributed by atoms with Gasteiger partial charge < -0.3 is 14.4 Å². The fourth-order valence-corrected chi connectivity index (χ4v) is 3.57. The molecule has 1 atom stereocenters. The van der Waals surface area contributed by atoms with Gasteiger partial charge in [0.2, 0.25) is 0 Å². The molecule has 2 aromatic rings. The van der Waals surface area contributed by atoms with Gasteiger partial charge in [0.15, 0.2) is 11.7 Å². The van der Waals surface area contributed by atoms with Crippen LogP contribution >= 0.6 is 0 Å². The number of carbonyl (C=O) groups excluding carboxylic acids is 3. The Bertz CT molecular complexity index is 973. The maximum atomic E-state index is 13.1. The van der Waals surface area contributed by atoms with Crippen LogP contribution in [-0.4, -0.2) is 45.0 Å². The molecular formula is C26H30N2O5. The zero-order valence-electron chi connectivity index (χ0n) is 19.5. The third-order valence-electron chi connectivity index (χ3n) is 5.29. The van der Waals surface area contributed by atoms with Gasteiger partial charge in [-0.15, -0.1) is 0 Å². The molecule has 0 saturated heterocycles. The summed E-state index contributed by atoms with van der Waals surface area (Å²) in [5, 5.41) is 9.04. The molecule has 0 fully saturated rings. The average Bonchev–Trinajstić information content (AvgIpc) is 2.80. The first-order chi connectivity index (χ1) is 15.8. The van der Waals surface area contributed by atoms with Gasteiger partial charge in [-0.2, -0.15) is 5.26 Å². The first-order valence-corrected chi connectivity index (χ1v) is 10.9. The van der Waals surface area contributed by atoms with E-state index >= 15 is 0 Å². The van der Waals surface area contributed by atoms with E-state index < -0.39 is 23.8 Å². The van der Waals surface area contributed by atoms with Crippen LogP contribution in [0.5, 0.6) is 0 Å². The Balaban J connectivity index is 2.37. The van der Waals surface area contributed by atoms with Crippen LogP contribution in [0.15, 0.2) is 48.5 Å². The molecule has 7 heteroatoms. The predicted molar refractivity (Wildman–Crippen MR) is 125 cm³/mol. The molecule has 0 aliphatic rings. The van der Waals surface area contributed by atoms with E-state index in [4.69, 9.17) is 14.7 Å². The topological polar surface area (TPSA) is 96.7 Å². The van der Waals surface area contributed by atoms with E-state index in [1.807, 2.05) is 31.1 Å². The Hall–Kier alpha value is -3.66. The second-order valence-electron chi connectivity index (χ2n) is 7.82. The number of hydrogen-bond acceptors (Lipinski definition) is 7. The van der Waals surface area contributed by atoms with Crippen LogP contribution in [0.1, 0.15) is 41.8 Å². The van der Waals surface area contributed by atoms with E-state index in [-0.39, 0.29) is 31.8 Å². The number of ketones is 1. The smallest absolute Gasteiger partial charge is 0.320 e. The van der Waals surface area contributed by atoms with E-state index in [9.17, 15) is 14.4 Å². The molecule has 174 valence electrons. The fourth-order valence-electron chi connectivity index (χ4n) is 3.57. The van der Waals surface area contributed by atoms with E-state index in [1.165, 1.54) is 0 Å². The molecule has 0 aromatic heterocycles. The summed E-state index contributed by atoms with van der Waals surface area (Å²) in [5.41, 5.74) is 2.75. The van der Waals surface area contributed by atoms with Gasteiger partial charge in [-0.3, -0.25) is 14.4 Å². The van der Waals surface area contributed by atoms with Gasteiger partial charge >= 0.3 is 11.9 Å². The highest BCUT2D eigenvalue weighted by atomic mass is 16.6. The molecule has 7 nitrogen and oxygen atoms in total. The second kappa shape index (κ2) is 12.4. The lowest BCUT2D eigenvalue weighted by Crippen LogP contribution is -2.36. The predicted octanol–water partition coefficient (Wildman–Crippen LogP) is 3.80. The van der Waals surface area contributed by atoms with Crippen molar-refractivity contribution in [1.29, 1.82) is 5.26 Å². The zero-order chi connectivity index (χ0) is 24.4. The number of rotatable bonds is 11. The molecule has 0 aliphatic heterocycles. The highest BCUT2D eigenvalue weighted by Crippen LogP contribution is 2.27. The third-order valence-corrected chi connectivity index (χ3v) is 5.29. The molecule has 0 spiro atoms. The highest BCUT2D eigenvalue weighted by Gasteiger charge is 2.38. The quantitative estimate of drug-likeness (QED) is 0.292. The van der Waals surface area contributed by atoms with Crippen molar-refractivity contribution >= 4 is 23.4 Å². The Morgan fingerprint density at radius 3 is 1.91 bits per heavy atom. The summed E-state index contributed by atoms with van der Waals surface area (Å²) in [7, 11) is 3.82. The maximum absolute atomic E-state index is 13.1. The molecule has 2 rings (SSSR count). The number of nitriles is 1. The molecule has 33 heavy (non-hydrogen) atoms. The van der Waals surface area contributed by atoms with Crippen molar-refractivity contribution in [3.63, 3.8) is 0 Å². The van der Waals surface area contributed by atoms with Crippen LogP contribution in [0.2, 0.25) is 0 Å². The standard InChI is InChI=1S/C26H30N2O5/c1-5-32-25(30)24(26(31)33-6-2)21(15-18-7-9-19(17-27)10-8-18)16-23(29)20-11-13-22(14-12-20)28(3)4/h7-14,21,24H,5-6,15-16H2,1-4H3/t21-/m0/s1. The molecule has 0 amide bonds. The normalized spacial score (nSPS) is 11.4. The Kier molecular flexibility index (Phi) is 9.62.